The minimum Gasteiger partial charge on any atom is -0.394 e. The molecule has 1 unspecified atom stereocenters. The highest BCUT2D eigenvalue weighted by Crippen LogP contribution is 2.54. The topological polar surface area (TPSA) is 122 Å². The molecule has 0 spiro atoms. The summed E-state index contributed by atoms with van der Waals surface area (Å²) in [6.07, 6.45) is 1.36. The van der Waals surface area contributed by atoms with Crippen LogP contribution in [0.2, 0.25) is 0 Å². The molecule has 24 heavy (non-hydrogen) atoms. The molecule has 2 N–H and O–H groups in total. The van der Waals surface area contributed by atoms with Crippen molar-refractivity contribution >= 4 is 12.3 Å². The normalized spacial score (nSPS) is 35.4. The summed E-state index contributed by atoms with van der Waals surface area (Å²) in [5, 5.41) is 19.1. The number of ether oxygens (including phenoxy) is 2. The first-order valence-electron chi connectivity index (χ1n) is 7.94. The van der Waals surface area contributed by atoms with E-state index < -0.39 is 17.9 Å². The van der Waals surface area contributed by atoms with Gasteiger partial charge < -0.3 is 24.6 Å². The van der Waals surface area contributed by atoms with Crippen LogP contribution in [0.4, 0.5) is 5.95 Å². The van der Waals surface area contributed by atoms with E-state index in [0.717, 1.165) is 13.1 Å². The van der Waals surface area contributed by atoms with Crippen molar-refractivity contribution in [2.24, 2.45) is 10.9 Å². The van der Waals surface area contributed by atoms with Crippen LogP contribution in [0.5, 0.6) is 0 Å². The van der Waals surface area contributed by atoms with E-state index in [2.05, 4.69) is 15.0 Å². The van der Waals surface area contributed by atoms with Crippen LogP contribution in [0, 0.1) is 5.92 Å². The lowest BCUT2D eigenvalue weighted by Crippen LogP contribution is -2.35. The van der Waals surface area contributed by atoms with E-state index >= 15 is 0 Å². The maximum absolute atomic E-state index is 12.2. The van der Waals surface area contributed by atoms with Gasteiger partial charge in [0.1, 0.15) is 12.4 Å². The molecule has 1 aliphatic carbocycles. The van der Waals surface area contributed by atoms with Crippen molar-refractivity contribution in [3.63, 3.8) is 0 Å². The van der Waals surface area contributed by atoms with E-state index in [0.29, 0.717) is 13.2 Å². The summed E-state index contributed by atoms with van der Waals surface area (Å²) >= 11 is 0. The lowest BCUT2D eigenvalue weighted by Gasteiger charge is -2.23. The van der Waals surface area contributed by atoms with Gasteiger partial charge in [-0.3, -0.25) is 4.57 Å². The standard InChI is InChI=1S/C14H19N5O5/c20-5-8-11(21)9-10(12(9)24-8)19-7-16-13(17-14(19)22)15-6-18-1-3-23-4-2-18/h6-12,20-21H,1-5H2/b15-6+/t8-,9+,10?,11-,12-/m1/s1. The molecular formula is C14H19N5O5. The monoisotopic (exact) mass is 337 g/mol. The zero-order chi connectivity index (χ0) is 16.7. The Balaban J connectivity index is 1.44. The lowest BCUT2D eigenvalue weighted by molar-refractivity contribution is -0.0371. The molecular weight excluding hydrogens is 318 g/mol. The minimum atomic E-state index is -0.782. The minimum absolute atomic E-state index is 0.100. The predicted molar refractivity (Wildman–Crippen MR) is 81.1 cm³/mol. The van der Waals surface area contributed by atoms with E-state index in [1.54, 1.807) is 6.34 Å². The number of hydrogen-bond donors (Lipinski definition) is 2. The Labute approximate surface area is 137 Å². The third-order valence-electron chi connectivity index (χ3n) is 4.67. The first-order valence-corrected chi connectivity index (χ1v) is 7.94. The van der Waals surface area contributed by atoms with Gasteiger partial charge in [-0.1, -0.05) is 0 Å². The SMILES string of the molecule is O=c1nc(/N=C/N2CCOCC2)ncn1C1[C@H]2[C@H](O)[C@@H](CO)O[C@@H]12. The Morgan fingerprint density at radius 2 is 2.21 bits per heavy atom. The van der Waals surface area contributed by atoms with Crippen LogP contribution in [0.3, 0.4) is 0 Å². The van der Waals surface area contributed by atoms with E-state index in [4.69, 9.17) is 14.6 Å². The Morgan fingerprint density at radius 1 is 1.42 bits per heavy atom. The number of nitrogens with zero attached hydrogens (tertiary/aromatic N) is 5. The zero-order valence-electron chi connectivity index (χ0n) is 12.9. The first-order chi connectivity index (χ1) is 11.7. The maximum Gasteiger partial charge on any atom is 0.352 e. The van der Waals surface area contributed by atoms with Crippen LogP contribution >= 0.6 is 0 Å². The molecule has 3 aliphatic rings. The van der Waals surface area contributed by atoms with Gasteiger partial charge in [0.25, 0.3) is 5.95 Å². The largest absolute Gasteiger partial charge is 0.394 e. The number of fused-ring (bicyclic) bond motifs is 1. The van der Waals surface area contributed by atoms with Gasteiger partial charge in [-0.15, -0.1) is 0 Å². The van der Waals surface area contributed by atoms with Gasteiger partial charge in [0.15, 0.2) is 0 Å². The van der Waals surface area contributed by atoms with E-state index in [9.17, 15) is 9.90 Å². The van der Waals surface area contributed by atoms with Crippen LogP contribution in [0.15, 0.2) is 16.1 Å². The van der Waals surface area contributed by atoms with Crippen LogP contribution in [0.25, 0.3) is 0 Å². The molecule has 1 saturated carbocycles. The first kappa shape index (κ1) is 15.6. The summed E-state index contributed by atoms with van der Waals surface area (Å²) in [5.74, 6) is -0.102. The number of aliphatic hydroxyl groups is 2. The van der Waals surface area contributed by atoms with Crippen LogP contribution in [0.1, 0.15) is 6.04 Å². The quantitative estimate of drug-likeness (QED) is 0.474. The Kier molecular flexibility index (Phi) is 4.04. The number of aliphatic imine (C=N–C) groups is 1. The molecule has 10 heteroatoms. The summed E-state index contributed by atoms with van der Waals surface area (Å²) in [5.41, 5.74) is -0.477. The van der Waals surface area contributed by atoms with Crippen molar-refractivity contribution in [3.05, 3.63) is 16.8 Å². The number of hydrogen-bond acceptors (Lipinski definition) is 8. The number of rotatable bonds is 4. The van der Waals surface area contributed by atoms with Gasteiger partial charge in [0, 0.05) is 19.0 Å². The summed E-state index contributed by atoms with van der Waals surface area (Å²) in [7, 11) is 0. The van der Waals surface area contributed by atoms with E-state index in [1.165, 1.54) is 10.9 Å². The van der Waals surface area contributed by atoms with Crippen molar-refractivity contribution < 1.29 is 19.7 Å². The van der Waals surface area contributed by atoms with Crippen molar-refractivity contribution in [1.29, 1.82) is 0 Å². The van der Waals surface area contributed by atoms with Crippen molar-refractivity contribution in [2.75, 3.05) is 32.9 Å². The highest BCUT2D eigenvalue weighted by atomic mass is 16.5. The smallest absolute Gasteiger partial charge is 0.352 e. The molecule has 0 bridgehead atoms. The van der Waals surface area contributed by atoms with Crippen LogP contribution in [-0.4, -0.2) is 87.2 Å². The molecule has 2 aliphatic heterocycles. The second-order valence-electron chi connectivity index (χ2n) is 6.12. The number of aromatic nitrogens is 3. The van der Waals surface area contributed by atoms with E-state index in [1.807, 2.05) is 4.90 Å². The predicted octanol–water partition coefficient (Wildman–Crippen LogP) is -2.08. The summed E-state index contributed by atoms with van der Waals surface area (Å²) < 4.78 is 12.1. The van der Waals surface area contributed by atoms with Crippen molar-refractivity contribution in [2.45, 2.75) is 24.4 Å². The third kappa shape index (κ3) is 2.71. The van der Waals surface area contributed by atoms with Gasteiger partial charge in [-0.05, 0) is 0 Å². The molecule has 1 aromatic rings. The number of aliphatic hydroxyl groups excluding tert-OH is 2. The highest BCUT2D eigenvalue weighted by Gasteiger charge is 2.64. The molecule has 10 nitrogen and oxygen atoms in total. The fourth-order valence-corrected chi connectivity index (χ4v) is 3.31. The molecule has 0 radical (unpaired) electrons. The second kappa shape index (κ2) is 6.20. The molecule has 130 valence electrons. The maximum atomic E-state index is 12.2. The van der Waals surface area contributed by atoms with Gasteiger partial charge >= 0.3 is 5.69 Å². The van der Waals surface area contributed by atoms with Crippen molar-refractivity contribution in [3.8, 4) is 0 Å². The summed E-state index contributed by atoms with van der Waals surface area (Å²) in [6, 6.07) is -0.285. The van der Waals surface area contributed by atoms with Gasteiger partial charge in [0.05, 0.1) is 44.4 Å². The van der Waals surface area contributed by atoms with Crippen molar-refractivity contribution in [1.82, 2.24) is 19.4 Å². The molecule has 2 saturated heterocycles. The van der Waals surface area contributed by atoms with Gasteiger partial charge in [-0.2, -0.15) is 4.98 Å². The molecule has 3 fully saturated rings. The average molecular weight is 337 g/mol. The molecule has 5 atom stereocenters. The lowest BCUT2D eigenvalue weighted by atomic mass is 10.1. The second-order valence-corrected chi connectivity index (χ2v) is 6.12. The van der Waals surface area contributed by atoms with E-state index in [-0.39, 0.29) is 30.6 Å². The number of morpholine rings is 1. The molecule has 1 aromatic heterocycles. The average Bonchev–Trinajstić information content (AvgIpc) is 3.21. The van der Waals surface area contributed by atoms with Crippen LogP contribution < -0.4 is 5.69 Å². The molecule has 0 amide bonds. The molecule has 0 aromatic carbocycles. The van der Waals surface area contributed by atoms with Gasteiger partial charge in [-0.25, -0.2) is 14.8 Å². The highest BCUT2D eigenvalue weighted by molar-refractivity contribution is 5.58. The fourth-order valence-electron chi connectivity index (χ4n) is 3.31. The summed E-state index contributed by atoms with van der Waals surface area (Å²) in [4.78, 5) is 26.2. The Morgan fingerprint density at radius 3 is 2.83 bits per heavy atom. The van der Waals surface area contributed by atoms with Crippen LogP contribution in [-0.2, 0) is 9.47 Å². The Bertz CT molecular complexity index is 688. The Hall–Kier alpha value is -1.88. The fraction of sp³-hybridized carbons (Fsp3) is 0.714. The third-order valence-corrected chi connectivity index (χ3v) is 4.67. The molecule has 3 heterocycles. The molecule has 4 rings (SSSR count). The zero-order valence-corrected chi connectivity index (χ0v) is 12.9. The van der Waals surface area contributed by atoms with Gasteiger partial charge in [0.2, 0.25) is 0 Å². The summed E-state index contributed by atoms with van der Waals surface area (Å²) in [6.45, 7) is 2.55.